The summed E-state index contributed by atoms with van der Waals surface area (Å²) in [5.41, 5.74) is 0. The van der Waals surface area contributed by atoms with Crippen molar-refractivity contribution in [2.24, 2.45) is 35.5 Å². The van der Waals surface area contributed by atoms with Crippen LogP contribution in [0.2, 0.25) is 0 Å². The molecule has 2 aliphatic rings. The lowest BCUT2D eigenvalue weighted by Gasteiger charge is -2.37. The summed E-state index contributed by atoms with van der Waals surface area (Å²) in [5.74, 6) is 3.42. The van der Waals surface area contributed by atoms with Gasteiger partial charge in [-0.15, -0.1) is 0 Å². The normalized spacial score (nSPS) is 25.5. The van der Waals surface area contributed by atoms with E-state index in [9.17, 15) is 9.59 Å². The number of quaternary nitrogens is 2. The van der Waals surface area contributed by atoms with E-state index in [1.807, 2.05) is 0 Å². The minimum Gasteiger partial charge on any atom is -1.00 e. The van der Waals surface area contributed by atoms with Crippen molar-refractivity contribution < 1.29 is 52.8 Å². The van der Waals surface area contributed by atoms with Crippen molar-refractivity contribution in [3.8, 4) is 0 Å². The molecule has 0 bridgehead atoms. The van der Waals surface area contributed by atoms with Gasteiger partial charge in [0, 0.05) is 0 Å². The molecule has 274 valence electrons. The van der Waals surface area contributed by atoms with E-state index in [0.717, 1.165) is 38.8 Å². The maximum Gasteiger partial charge on any atom is 0.362 e. The Bertz CT molecular complexity index is 783. The Morgan fingerprint density at radius 2 is 0.870 bits per heavy atom. The third kappa shape index (κ3) is 17.7. The van der Waals surface area contributed by atoms with Crippen LogP contribution in [0.1, 0.15) is 131 Å². The average Bonchev–Trinajstić information content (AvgIpc) is 2.88. The molecule has 0 aromatic rings. The minimum absolute atomic E-state index is 0. The Labute approximate surface area is 297 Å². The van der Waals surface area contributed by atoms with Crippen LogP contribution in [0.3, 0.4) is 0 Å². The molecule has 0 aliphatic heterocycles. The number of rotatable bonds is 19. The van der Waals surface area contributed by atoms with E-state index in [4.69, 9.17) is 9.47 Å². The van der Waals surface area contributed by atoms with E-state index in [1.165, 1.54) is 64.2 Å². The number of ether oxygens (including phenoxy) is 2. The highest BCUT2D eigenvalue weighted by Crippen LogP contribution is 2.36. The van der Waals surface area contributed by atoms with Crippen molar-refractivity contribution in [2.45, 2.75) is 144 Å². The van der Waals surface area contributed by atoms with Crippen LogP contribution in [-0.4, -0.2) is 87.5 Å². The molecule has 0 aromatic heterocycles. The number of carbonyl (C=O) groups excluding carboxylic acids is 2. The molecule has 0 radical (unpaired) electrons. The Balaban J connectivity index is 0.0000101. The average molecular weight is 694 g/mol. The lowest BCUT2D eigenvalue weighted by Crippen LogP contribution is -3.00. The largest absolute Gasteiger partial charge is 1.00 e. The van der Waals surface area contributed by atoms with Gasteiger partial charge in [0.2, 0.25) is 0 Å². The zero-order chi connectivity index (χ0) is 32.9. The van der Waals surface area contributed by atoms with Crippen LogP contribution in [0.5, 0.6) is 0 Å². The highest BCUT2D eigenvalue weighted by molar-refractivity contribution is 5.71. The van der Waals surface area contributed by atoms with E-state index in [-0.39, 0.29) is 49.0 Å². The Kier molecular flexibility index (Phi) is 21.9. The number of halogens is 2. The van der Waals surface area contributed by atoms with E-state index < -0.39 is 0 Å². The number of unbranched alkanes of at least 4 members (excludes halogenated alkanes) is 7. The lowest BCUT2D eigenvalue weighted by atomic mass is 9.75. The number of likely N-dealkylation sites (N-methyl/N-ethyl adjacent to an activating group) is 2. The molecule has 6 atom stereocenters. The first kappa shape index (κ1) is 45.4. The summed E-state index contributed by atoms with van der Waals surface area (Å²) in [6, 6.07) is 0. The quantitative estimate of drug-likeness (QED) is 0.119. The summed E-state index contributed by atoms with van der Waals surface area (Å²) >= 11 is 0. The summed E-state index contributed by atoms with van der Waals surface area (Å²) in [5, 5.41) is 0. The summed E-state index contributed by atoms with van der Waals surface area (Å²) in [4.78, 5) is 25.7. The second-order valence-corrected chi connectivity index (χ2v) is 17.2. The van der Waals surface area contributed by atoms with Crippen LogP contribution in [0.4, 0.5) is 0 Å². The third-order valence-corrected chi connectivity index (χ3v) is 10.9. The first-order valence-electron chi connectivity index (χ1n) is 18.6. The fourth-order valence-electron chi connectivity index (χ4n) is 7.91. The molecule has 2 rings (SSSR count). The number of hydrogen-bond donors (Lipinski definition) is 0. The van der Waals surface area contributed by atoms with E-state index in [2.05, 4.69) is 69.7 Å². The molecule has 2 saturated carbocycles. The van der Waals surface area contributed by atoms with Gasteiger partial charge in [0.15, 0.2) is 13.1 Å². The molecule has 0 saturated heterocycles. The highest BCUT2D eigenvalue weighted by atomic mass is 35.5. The number of esters is 2. The van der Waals surface area contributed by atoms with Gasteiger partial charge in [0.25, 0.3) is 0 Å². The van der Waals surface area contributed by atoms with Gasteiger partial charge in [-0.05, 0) is 86.9 Å². The maximum atomic E-state index is 12.8. The van der Waals surface area contributed by atoms with Gasteiger partial charge in [-0.25, -0.2) is 9.59 Å². The van der Waals surface area contributed by atoms with Crippen LogP contribution in [0.25, 0.3) is 0 Å². The van der Waals surface area contributed by atoms with Crippen LogP contribution < -0.4 is 24.8 Å². The standard InChI is InChI=1S/C38H74N2O4.2ClH/c1-29(2)33-21-19-31(5)25-35(33)43-37(41)27-39(7,8)23-17-15-13-11-12-14-16-18-24-40(9,10)28-38(42)44-36-26-32(6)20-22-34(36)30(3)4;;/h29-36H,11-28H2,1-10H3;2*1H/q+2;;/p-2. The van der Waals surface area contributed by atoms with Crippen molar-refractivity contribution in [1.82, 2.24) is 0 Å². The van der Waals surface area contributed by atoms with Crippen molar-refractivity contribution >= 4 is 11.9 Å². The molecule has 0 heterocycles. The molecule has 6 nitrogen and oxygen atoms in total. The minimum atomic E-state index is -0.0166. The van der Waals surface area contributed by atoms with Gasteiger partial charge in [-0.2, -0.15) is 0 Å². The van der Waals surface area contributed by atoms with Gasteiger partial charge in [0.05, 0.1) is 41.3 Å². The predicted octanol–water partition coefficient (Wildman–Crippen LogP) is 2.28. The molecular weight excluding hydrogens is 619 g/mol. The van der Waals surface area contributed by atoms with Crippen molar-refractivity contribution in [3.63, 3.8) is 0 Å². The smallest absolute Gasteiger partial charge is 0.362 e. The van der Waals surface area contributed by atoms with E-state index in [0.29, 0.717) is 57.6 Å². The Morgan fingerprint density at radius 3 is 1.17 bits per heavy atom. The second kappa shape index (κ2) is 22.2. The number of hydrogen-bond acceptors (Lipinski definition) is 4. The first-order valence-corrected chi connectivity index (χ1v) is 18.6. The zero-order valence-corrected chi connectivity index (χ0v) is 33.1. The summed E-state index contributed by atoms with van der Waals surface area (Å²) in [6.45, 7) is 16.6. The second-order valence-electron chi connectivity index (χ2n) is 17.2. The number of nitrogens with zero attached hydrogens (tertiary/aromatic N) is 2. The fourth-order valence-corrected chi connectivity index (χ4v) is 7.91. The van der Waals surface area contributed by atoms with Gasteiger partial charge in [0.1, 0.15) is 12.2 Å². The Hall–Kier alpha value is -0.560. The number of carbonyl (C=O) groups is 2. The lowest BCUT2D eigenvalue weighted by molar-refractivity contribution is -0.883. The van der Waals surface area contributed by atoms with Crippen LogP contribution in [0.15, 0.2) is 0 Å². The topological polar surface area (TPSA) is 52.6 Å². The first-order chi connectivity index (χ1) is 20.6. The van der Waals surface area contributed by atoms with Crippen molar-refractivity contribution in [3.05, 3.63) is 0 Å². The molecular formula is C38H74Cl2N2O4. The molecule has 0 amide bonds. The summed E-state index contributed by atoms with van der Waals surface area (Å²) in [6.07, 6.45) is 17.0. The van der Waals surface area contributed by atoms with Gasteiger partial charge in [-0.1, -0.05) is 80.1 Å². The van der Waals surface area contributed by atoms with Gasteiger partial charge in [-0.3, -0.25) is 0 Å². The van der Waals surface area contributed by atoms with Crippen molar-refractivity contribution in [2.75, 3.05) is 54.4 Å². The fraction of sp³-hybridized carbons (Fsp3) is 0.947. The van der Waals surface area contributed by atoms with Gasteiger partial charge < -0.3 is 43.3 Å². The molecule has 8 heteroatoms. The molecule has 6 unspecified atom stereocenters. The van der Waals surface area contributed by atoms with E-state index in [1.54, 1.807) is 0 Å². The predicted molar refractivity (Wildman–Crippen MR) is 183 cm³/mol. The maximum absolute atomic E-state index is 12.8. The Morgan fingerprint density at radius 1 is 0.565 bits per heavy atom. The van der Waals surface area contributed by atoms with Crippen molar-refractivity contribution in [1.29, 1.82) is 0 Å². The monoisotopic (exact) mass is 693 g/mol. The highest BCUT2D eigenvalue weighted by Gasteiger charge is 2.36. The SMILES string of the molecule is CC1CCC(C(C)C)C(OC(=O)C[N+](C)(C)CCCCCCCCCC[N+](C)(C)CC(=O)OC2CC(C)CCC2C(C)C)C1.[Cl-].[Cl-]. The van der Waals surface area contributed by atoms with E-state index >= 15 is 0 Å². The van der Waals surface area contributed by atoms with Gasteiger partial charge >= 0.3 is 11.9 Å². The molecule has 2 fully saturated rings. The third-order valence-electron chi connectivity index (χ3n) is 10.9. The molecule has 46 heavy (non-hydrogen) atoms. The summed E-state index contributed by atoms with van der Waals surface area (Å²) < 4.78 is 13.6. The van der Waals surface area contributed by atoms with Crippen LogP contribution in [-0.2, 0) is 19.1 Å². The molecule has 2 aliphatic carbocycles. The zero-order valence-electron chi connectivity index (χ0n) is 31.6. The summed E-state index contributed by atoms with van der Waals surface area (Å²) in [7, 11) is 8.68. The van der Waals surface area contributed by atoms with Crippen LogP contribution in [0, 0.1) is 35.5 Å². The molecule has 0 spiro atoms. The van der Waals surface area contributed by atoms with Crippen LogP contribution >= 0.6 is 0 Å². The molecule has 0 N–H and O–H groups in total. The molecule has 0 aromatic carbocycles.